The van der Waals surface area contributed by atoms with Gasteiger partial charge in [0.05, 0.1) is 18.5 Å². The Morgan fingerprint density at radius 1 is 1.26 bits per heavy atom. The molecule has 1 aliphatic heterocycles. The van der Waals surface area contributed by atoms with Gasteiger partial charge < -0.3 is 16.0 Å². The van der Waals surface area contributed by atoms with Crippen LogP contribution in [-0.2, 0) is 29.0 Å². The molecule has 0 bridgehead atoms. The van der Waals surface area contributed by atoms with Crippen LogP contribution >= 0.6 is 11.3 Å². The smallest absolute Gasteiger partial charge is 0.251 e. The molecule has 0 spiro atoms. The molecule has 3 amide bonds. The number of nitrogens with one attached hydrogen (secondary N) is 1. The Balaban J connectivity index is 1.83. The average molecular weight is 385 g/mol. The van der Waals surface area contributed by atoms with E-state index in [2.05, 4.69) is 5.32 Å². The van der Waals surface area contributed by atoms with E-state index in [1.165, 1.54) is 18.3 Å². The largest absolute Gasteiger partial charge is 0.365 e. The summed E-state index contributed by atoms with van der Waals surface area (Å²) < 4.78 is 0. The monoisotopic (exact) mass is 385 g/mol. The molecule has 0 saturated carbocycles. The van der Waals surface area contributed by atoms with E-state index in [1.54, 1.807) is 4.90 Å². The van der Waals surface area contributed by atoms with Crippen molar-refractivity contribution in [1.29, 1.82) is 0 Å². The van der Waals surface area contributed by atoms with E-state index in [0.29, 0.717) is 30.1 Å². The molecule has 2 aromatic rings. The number of fused-ring (bicyclic) bond motifs is 1. The van der Waals surface area contributed by atoms with Crippen molar-refractivity contribution in [2.75, 3.05) is 11.9 Å². The van der Waals surface area contributed by atoms with Crippen LogP contribution in [0, 0.1) is 13.8 Å². The number of hydrogen-bond donors (Lipinski definition) is 2. The second-order valence-electron chi connectivity index (χ2n) is 6.92. The predicted octanol–water partition coefficient (Wildman–Crippen LogP) is 2.55. The number of primary amides is 1. The normalized spacial score (nSPS) is 13.2. The van der Waals surface area contributed by atoms with Crippen LogP contribution in [0.3, 0.4) is 0 Å². The molecule has 142 valence electrons. The Labute approximate surface area is 162 Å². The third kappa shape index (κ3) is 4.03. The molecule has 27 heavy (non-hydrogen) atoms. The van der Waals surface area contributed by atoms with Crippen molar-refractivity contribution in [2.24, 2.45) is 5.73 Å². The lowest BCUT2D eigenvalue weighted by molar-refractivity contribution is -0.129. The van der Waals surface area contributed by atoms with Crippen molar-refractivity contribution in [3.05, 3.63) is 50.9 Å². The number of nitrogens with two attached hydrogens (primary N) is 1. The summed E-state index contributed by atoms with van der Waals surface area (Å²) in [5.74, 6) is -0.743. The van der Waals surface area contributed by atoms with Crippen LogP contribution in [0.25, 0.3) is 0 Å². The fourth-order valence-corrected chi connectivity index (χ4v) is 4.69. The topological polar surface area (TPSA) is 92.5 Å². The van der Waals surface area contributed by atoms with E-state index < -0.39 is 5.91 Å². The quantitative estimate of drug-likeness (QED) is 0.847. The number of amides is 3. The van der Waals surface area contributed by atoms with Gasteiger partial charge in [0, 0.05) is 18.3 Å². The van der Waals surface area contributed by atoms with Crippen molar-refractivity contribution < 1.29 is 14.4 Å². The molecule has 3 N–H and O–H groups in total. The predicted molar refractivity (Wildman–Crippen MR) is 106 cm³/mol. The highest BCUT2D eigenvalue weighted by atomic mass is 32.1. The zero-order chi connectivity index (χ0) is 19.7. The molecular formula is C20H23N3O3S. The van der Waals surface area contributed by atoms with Gasteiger partial charge in [-0.2, -0.15) is 0 Å². The minimum Gasteiger partial charge on any atom is -0.365 e. The molecule has 0 fully saturated rings. The van der Waals surface area contributed by atoms with Gasteiger partial charge in [-0.1, -0.05) is 23.8 Å². The first kappa shape index (κ1) is 19.1. The highest BCUT2D eigenvalue weighted by Crippen LogP contribution is 2.37. The Morgan fingerprint density at radius 2 is 2.00 bits per heavy atom. The summed E-state index contributed by atoms with van der Waals surface area (Å²) in [6.45, 7) is 6.51. The highest BCUT2D eigenvalue weighted by molar-refractivity contribution is 7.17. The zero-order valence-corrected chi connectivity index (χ0v) is 16.5. The number of rotatable bonds is 4. The summed E-state index contributed by atoms with van der Waals surface area (Å²) in [5.41, 5.74) is 9.97. The molecule has 3 rings (SSSR count). The van der Waals surface area contributed by atoms with Crippen LogP contribution in [-0.4, -0.2) is 29.2 Å². The van der Waals surface area contributed by atoms with Crippen molar-refractivity contribution in [1.82, 2.24) is 4.90 Å². The van der Waals surface area contributed by atoms with E-state index >= 15 is 0 Å². The number of carbonyl (C=O) groups excluding carboxylic acids is 3. The van der Waals surface area contributed by atoms with Gasteiger partial charge >= 0.3 is 0 Å². The number of thiophene rings is 1. The highest BCUT2D eigenvalue weighted by Gasteiger charge is 2.28. The number of anilines is 1. The average Bonchev–Trinajstić information content (AvgIpc) is 2.94. The first-order chi connectivity index (χ1) is 12.8. The van der Waals surface area contributed by atoms with E-state index in [4.69, 9.17) is 5.73 Å². The minimum atomic E-state index is -0.550. The van der Waals surface area contributed by atoms with Crippen molar-refractivity contribution in [3.8, 4) is 0 Å². The van der Waals surface area contributed by atoms with Gasteiger partial charge in [-0.25, -0.2) is 0 Å². The third-order valence-electron chi connectivity index (χ3n) is 4.85. The van der Waals surface area contributed by atoms with Gasteiger partial charge in [0.15, 0.2) is 0 Å². The van der Waals surface area contributed by atoms with Crippen LogP contribution in [0.4, 0.5) is 5.00 Å². The summed E-state index contributed by atoms with van der Waals surface area (Å²) in [4.78, 5) is 38.8. The SMILES string of the molecule is CC(=O)N1CCc2c(sc(NC(=O)Cc3ccc(C)cc3C)c2C(N)=O)C1. The van der Waals surface area contributed by atoms with Gasteiger partial charge in [-0.15, -0.1) is 11.3 Å². The lowest BCUT2D eigenvalue weighted by Crippen LogP contribution is -2.34. The first-order valence-corrected chi connectivity index (χ1v) is 9.63. The van der Waals surface area contributed by atoms with Crippen LogP contribution in [0.1, 0.15) is 44.4 Å². The second-order valence-corrected chi connectivity index (χ2v) is 8.02. The maximum Gasteiger partial charge on any atom is 0.251 e. The first-order valence-electron chi connectivity index (χ1n) is 8.82. The maximum absolute atomic E-state index is 12.6. The molecule has 1 aliphatic rings. The minimum absolute atomic E-state index is 0.00453. The van der Waals surface area contributed by atoms with E-state index in [-0.39, 0.29) is 18.2 Å². The van der Waals surface area contributed by atoms with Crippen molar-refractivity contribution in [3.63, 3.8) is 0 Å². The summed E-state index contributed by atoms with van der Waals surface area (Å²) in [6.07, 6.45) is 0.795. The number of benzene rings is 1. The number of carbonyl (C=O) groups is 3. The summed E-state index contributed by atoms with van der Waals surface area (Å²) in [7, 11) is 0. The molecule has 0 atom stereocenters. The van der Waals surface area contributed by atoms with Crippen LogP contribution in [0.2, 0.25) is 0 Å². The van der Waals surface area contributed by atoms with Crippen LogP contribution in [0.5, 0.6) is 0 Å². The molecule has 2 heterocycles. The Hall–Kier alpha value is -2.67. The Morgan fingerprint density at radius 3 is 2.63 bits per heavy atom. The molecule has 0 unspecified atom stereocenters. The van der Waals surface area contributed by atoms with Crippen molar-refractivity contribution >= 4 is 34.1 Å². The lowest BCUT2D eigenvalue weighted by atomic mass is 10.0. The van der Waals surface area contributed by atoms with Gasteiger partial charge in [0.1, 0.15) is 5.00 Å². The summed E-state index contributed by atoms with van der Waals surface area (Å²) in [5, 5.41) is 3.34. The molecule has 0 aliphatic carbocycles. The fraction of sp³-hybridized carbons (Fsp3) is 0.350. The number of hydrogen-bond acceptors (Lipinski definition) is 4. The van der Waals surface area contributed by atoms with Gasteiger partial charge in [0.2, 0.25) is 11.8 Å². The van der Waals surface area contributed by atoms with E-state index in [1.807, 2.05) is 32.0 Å². The van der Waals surface area contributed by atoms with E-state index in [9.17, 15) is 14.4 Å². The third-order valence-corrected chi connectivity index (χ3v) is 5.98. The van der Waals surface area contributed by atoms with Crippen LogP contribution < -0.4 is 11.1 Å². The molecule has 1 aromatic carbocycles. The van der Waals surface area contributed by atoms with Gasteiger partial charge in [-0.3, -0.25) is 14.4 Å². The fourth-order valence-electron chi connectivity index (χ4n) is 3.41. The molecule has 0 saturated heterocycles. The second kappa shape index (κ2) is 7.52. The number of nitrogens with zero attached hydrogens (tertiary/aromatic N) is 1. The maximum atomic E-state index is 12.6. The standard InChI is InChI=1S/C20H23N3O3S/c1-11-4-5-14(12(2)8-11)9-17(25)22-20-18(19(21)26)15-6-7-23(13(3)24)10-16(15)27-20/h4-5,8H,6-7,9-10H2,1-3H3,(H2,21,26)(H,22,25). The Bertz CT molecular complexity index is 933. The van der Waals surface area contributed by atoms with Gasteiger partial charge in [0.25, 0.3) is 5.91 Å². The molecule has 7 heteroatoms. The summed E-state index contributed by atoms with van der Waals surface area (Å²) in [6, 6.07) is 5.96. The van der Waals surface area contributed by atoms with Gasteiger partial charge in [-0.05, 0) is 37.0 Å². The zero-order valence-electron chi connectivity index (χ0n) is 15.7. The lowest BCUT2D eigenvalue weighted by Gasteiger charge is -2.25. The molecule has 1 aromatic heterocycles. The van der Waals surface area contributed by atoms with E-state index in [0.717, 1.165) is 27.1 Å². The molecular weight excluding hydrogens is 362 g/mol. The Kier molecular flexibility index (Phi) is 5.32. The van der Waals surface area contributed by atoms with Crippen LogP contribution in [0.15, 0.2) is 18.2 Å². The summed E-state index contributed by atoms with van der Waals surface area (Å²) >= 11 is 1.33. The van der Waals surface area contributed by atoms with Crippen molar-refractivity contribution in [2.45, 2.75) is 40.2 Å². The molecule has 0 radical (unpaired) electrons. The number of aryl methyl sites for hydroxylation is 2. The molecule has 6 nitrogen and oxygen atoms in total.